The maximum Gasteiger partial charge on any atom is 0.0758 e. The lowest BCUT2D eigenvalue weighted by molar-refractivity contribution is 0.0663. The maximum atomic E-state index is 8.65. The number of aliphatic hydroxyl groups excluding tert-OH is 1. The van der Waals surface area contributed by atoms with Crippen LogP contribution in [0, 0.1) is 5.92 Å². The smallest absolute Gasteiger partial charge is 0.0758 e. The summed E-state index contributed by atoms with van der Waals surface area (Å²) in [7, 11) is 0. The van der Waals surface area contributed by atoms with Crippen LogP contribution in [0.3, 0.4) is 0 Å². The molecule has 0 aromatic carbocycles. The van der Waals surface area contributed by atoms with Crippen molar-refractivity contribution in [2.24, 2.45) is 5.92 Å². The second-order valence-electron chi connectivity index (χ2n) is 3.80. The molecule has 13 heavy (non-hydrogen) atoms. The highest BCUT2D eigenvalue weighted by atomic mass is 16.5. The number of ether oxygens (including phenoxy) is 1. The minimum absolute atomic E-state index is 0.0842. The summed E-state index contributed by atoms with van der Waals surface area (Å²) in [5.74, 6) is 0.594. The van der Waals surface area contributed by atoms with E-state index in [9.17, 15) is 0 Å². The van der Waals surface area contributed by atoms with Gasteiger partial charge >= 0.3 is 0 Å². The van der Waals surface area contributed by atoms with Gasteiger partial charge in [-0.15, -0.1) is 5.73 Å². The molecule has 2 rings (SSSR count). The summed E-state index contributed by atoms with van der Waals surface area (Å²) in [6.07, 6.45) is 7.20. The zero-order valence-electron chi connectivity index (χ0n) is 7.83. The van der Waals surface area contributed by atoms with E-state index in [4.69, 9.17) is 9.84 Å². The van der Waals surface area contributed by atoms with E-state index in [1.54, 1.807) is 6.08 Å². The van der Waals surface area contributed by atoms with Gasteiger partial charge in [0.1, 0.15) is 0 Å². The second kappa shape index (κ2) is 4.10. The molecule has 1 saturated carbocycles. The molecule has 0 aromatic rings. The Kier molecular flexibility index (Phi) is 2.84. The number of hydrogen-bond acceptors (Lipinski definition) is 2. The third-order valence-corrected chi connectivity index (χ3v) is 2.98. The molecule has 1 aliphatic heterocycles. The van der Waals surface area contributed by atoms with Crippen LogP contribution in [0.25, 0.3) is 0 Å². The molecule has 1 saturated heterocycles. The van der Waals surface area contributed by atoms with Gasteiger partial charge in [0.05, 0.1) is 19.3 Å². The minimum atomic E-state index is 0.0842. The summed E-state index contributed by atoms with van der Waals surface area (Å²) in [6.45, 7) is 0.812. The SMILES string of the molecule is OCC=C=C1CO[C@H]2CCCC[C@@H]12. The molecule has 2 atom stereocenters. The first-order chi connectivity index (χ1) is 6.42. The van der Waals surface area contributed by atoms with Crippen LogP contribution >= 0.6 is 0 Å². The lowest BCUT2D eigenvalue weighted by Crippen LogP contribution is -2.20. The molecule has 0 amide bonds. The average molecular weight is 180 g/mol. The largest absolute Gasteiger partial charge is 0.392 e. The van der Waals surface area contributed by atoms with E-state index in [0.717, 1.165) is 6.61 Å². The molecule has 2 aliphatic rings. The second-order valence-corrected chi connectivity index (χ2v) is 3.80. The van der Waals surface area contributed by atoms with Crippen LogP contribution < -0.4 is 0 Å². The Morgan fingerprint density at radius 1 is 1.46 bits per heavy atom. The molecule has 1 aliphatic carbocycles. The van der Waals surface area contributed by atoms with Gasteiger partial charge in [0, 0.05) is 11.5 Å². The fourth-order valence-electron chi connectivity index (χ4n) is 2.32. The number of hydrogen-bond donors (Lipinski definition) is 1. The first-order valence-electron chi connectivity index (χ1n) is 5.08. The monoisotopic (exact) mass is 180 g/mol. The zero-order valence-corrected chi connectivity index (χ0v) is 7.83. The van der Waals surface area contributed by atoms with Crippen LogP contribution in [0.4, 0.5) is 0 Å². The lowest BCUT2D eigenvalue weighted by Gasteiger charge is -2.23. The van der Waals surface area contributed by atoms with Crippen LogP contribution in [-0.4, -0.2) is 24.4 Å². The molecule has 1 N–H and O–H groups in total. The number of rotatable bonds is 1. The van der Waals surface area contributed by atoms with Crippen molar-refractivity contribution in [3.8, 4) is 0 Å². The van der Waals surface area contributed by atoms with E-state index < -0.39 is 0 Å². The molecular formula is C11H16O2. The highest BCUT2D eigenvalue weighted by Gasteiger charge is 2.34. The quantitative estimate of drug-likeness (QED) is 0.622. The van der Waals surface area contributed by atoms with Crippen LogP contribution in [0.1, 0.15) is 25.7 Å². The molecule has 0 aromatic heterocycles. The van der Waals surface area contributed by atoms with Gasteiger partial charge in [0.2, 0.25) is 0 Å². The van der Waals surface area contributed by atoms with Gasteiger partial charge in [-0.1, -0.05) is 12.8 Å². The van der Waals surface area contributed by atoms with Crippen molar-refractivity contribution < 1.29 is 9.84 Å². The molecule has 0 spiro atoms. The van der Waals surface area contributed by atoms with Crippen molar-refractivity contribution in [2.45, 2.75) is 31.8 Å². The fraction of sp³-hybridized carbons (Fsp3) is 0.727. The average Bonchev–Trinajstić information content (AvgIpc) is 2.58. The van der Waals surface area contributed by atoms with Crippen molar-refractivity contribution in [3.05, 3.63) is 17.4 Å². The molecular weight excluding hydrogens is 164 g/mol. The minimum Gasteiger partial charge on any atom is -0.392 e. The maximum absolute atomic E-state index is 8.65. The molecule has 2 nitrogen and oxygen atoms in total. The molecule has 2 heteroatoms. The Bertz CT molecular complexity index is 238. The van der Waals surface area contributed by atoms with E-state index >= 15 is 0 Å². The first-order valence-corrected chi connectivity index (χ1v) is 5.08. The van der Waals surface area contributed by atoms with Crippen molar-refractivity contribution >= 4 is 0 Å². The number of fused-ring (bicyclic) bond motifs is 1. The first kappa shape index (κ1) is 9.01. The van der Waals surface area contributed by atoms with Crippen LogP contribution in [0.15, 0.2) is 17.4 Å². The Labute approximate surface area is 78.9 Å². The fourth-order valence-corrected chi connectivity index (χ4v) is 2.32. The van der Waals surface area contributed by atoms with Gasteiger partial charge in [-0.25, -0.2) is 0 Å². The predicted octanol–water partition coefficient (Wildman–Crippen LogP) is 1.65. The van der Waals surface area contributed by atoms with E-state index in [1.807, 2.05) is 0 Å². The summed E-state index contributed by atoms with van der Waals surface area (Å²) >= 11 is 0. The number of aliphatic hydroxyl groups is 1. The van der Waals surface area contributed by atoms with Crippen molar-refractivity contribution in [1.29, 1.82) is 0 Å². The van der Waals surface area contributed by atoms with Crippen LogP contribution in [0.2, 0.25) is 0 Å². The third-order valence-electron chi connectivity index (χ3n) is 2.98. The molecule has 2 fully saturated rings. The van der Waals surface area contributed by atoms with Gasteiger partial charge in [0.15, 0.2) is 0 Å². The van der Waals surface area contributed by atoms with E-state index in [0.29, 0.717) is 12.0 Å². The Morgan fingerprint density at radius 2 is 2.31 bits per heavy atom. The molecule has 0 radical (unpaired) electrons. The highest BCUT2D eigenvalue weighted by molar-refractivity contribution is 5.14. The van der Waals surface area contributed by atoms with Crippen LogP contribution in [0.5, 0.6) is 0 Å². The molecule has 72 valence electrons. The summed E-state index contributed by atoms with van der Waals surface area (Å²) in [5.41, 5.74) is 4.41. The standard InChI is InChI=1S/C11H16O2/c12-7-3-4-9-8-13-11-6-2-1-5-10(9)11/h3,10-12H,1-2,5-8H2/t4?,10-,11-/m0/s1. The van der Waals surface area contributed by atoms with E-state index in [1.165, 1.54) is 31.3 Å². The lowest BCUT2D eigenvalue weighted by atomic mass is 9.84. The van der Waals surface area contributed by atoms with Gasteiger partial charge in [-0.05, 0) is 18.9 Å². The van der Waals surface area contributed by atoms with E-state index in [-0.39, 0.29) is 6.61 Å². The summed E-state index contributed by atoms with van der Waals surface area (Å²) < 4.78 is 5.67. The Morgan fingerprint density at radius 3 is 3.15 bits per heavy atom. The highest BCUT2D eigenvalue weighted by Crippen LogP contribution is 2.36. The van der Waals surface area contributed by atoms with Gasteiger partial charge in [-0.3, -0.25) is 0 Å². The van der Waals surface area contributed by atoms with Crippen LogP contribution in [-0.2, 0) is 4.74 Å². The molecule has 1 heterocycles. The normalized spacial score (nSPS) is 32.5. The van der Waals surface area contributed by atoms with Crippen molar-refractivity contribution in [3.63, 3.8) is 0 Å². The van der Waals surface area contributed by atoms with Gasteiger partial charge < -0.3 is 9.84 Å². The van der Waals surface area contributed by atoms with Crippen molar-refractivity contribution in [2.75, 3.05) is 13.2 Å². The molecule has 0 bridgehead atoms. The predicted molar refractivity (Wildman–Crippen MR) is 50.4 cm³/mol. The van der Waals surface area contributed by atoms with Gasteiger partial charge in [0.25, 0.3) is 0 Å². The summed E-state index contributed by atoms with van der Waals surface area (Å²) in [4.78, 5) is 0. The zero-order chi connectivity index (χ0) is 9.10. The molecule has 0 unspecified atom stereocenters. The van der Waals surface area contributed by atoms with Crippen molar-refractivity contribution in [1.82, 2.24) is 0 Å². The van der Waals surface area contributed by atoms with Gasteiger partial charge in [-0.2, -0.15) is 0 Å². The Balaban J connectivity index is 2.11. The summed E-state index contributed by atoms with van der Waals surface area (Å²) in [6, 6.07) is 0. The topological polar surface area (TPSA) is 29.5 Å². The third kappa shape index (κ3) is 1.86. The Hall–Kier alpha value is -0.560. The van der Waals surface area contributed by atoms with E-state index in [2.05, 4.69) is 5.73 Å². The summed E-state index contributed by atoms with van der Waals surface area (Å²) in [5, 5.41) is 8.65.